The van der Waals surface area contributed by atoms with Gasteiger partial charge in [0.2, 0.25) is 17.7 Å². The van der Waals surface area contributed by atoms with Gasteiger partial charge in [-0.1, -0.05) is 12.1 Å². The molecule has 16 heteroatoms. The second kappa shape index (κ2) is 16.7. The van der Waals surface area contributed by atoms with E-state index in [1.54, 1.807) is 12.1 Å². The molecular formula is C23H35N7O8S. The van der Waals surface area contributed by atoms with Gasteiger partial charge in [0.15, 0.2) is 5.96 Å². The number of phenolic OH excluding ortho intramolecular Hbond substituents is 1. The molecule has 39 heavy (non-hydrogen) atoms. The van der Waals surface area contributed by atoms with Gasteiger partial charge >= 0.3 is 11.9 Å². The number of carbonyl (C=O) groups is 5. The third-order valence-electron chi connectivity index (χ3n) is 5.38. The molecule has 1 aromatic rings. The second-order valence-electron chi connectivity index (χ2n) is 8.56. The molecule has 1 rings (SSSR count). The Hall–Kier alpha value is -4.05. The van der Waals surface area contributed by atoms with Crippen molar-refractivity contribution >= 4 is 48.2 Å². The number of aliphatic imine (C=N–C) groups is 1. The van der Waals surface area contributed by atoms with Crippen LogP contribution in [-0.4, -0.2) is 87.4 Å². The number of nitrogens with one attached hydrogen (secondary N) is 3. The predicted molar refractivity (Wildman–Crippen MR) is 144 cm³/mol. The lowest BCUT2D eigenvalue weighted by molar-refractivity contribution is -0.141. The molecule has 0 aliphatic rings. The Bertz CT molecular complexity index is 1030. The highest BCUT2D eigenvalue weighted by Crippen LogP contribution is 2.11. The van der Waals surface area contributed by atoms with Crippen molar-refractivity contribution in [1.29, 1.82) is 0 Å². The quantitative estimate of drug-likeness (QED) is 0.0410. The minimum absolute atomic E-state index is 0.00672. The molecule has 3 amide bonds. The van der Waals surface area contributed by atoms with Crippen LogP contribution in [0, 0.1) is 0 Å². The Morgan fingerprint density at radius 1 is 0.872 bits per heavy atom. The van der Waals surface area contributed by atoms with Crippen molar-refractivity contribution in [2.24, 2.45) is 22.2 Å². The zero-order valence-corrected chi connectivity index (χ0v) is 22.0. The number of amides is 3. The molecule has 0 saturated heterocycles. The lowest BCUT2D eigenvalue weighted by atomic mass is 10.0. The van der Waals surface area contributed by atoms with E-state index in [9.17, 15) is 34.2 Å². The Morgan fingerprint density at radius 2 is 1.41 bits per heavy atom. The minimum atomic E-state index is -1.37. The van der Waals surface area contributed by atoms with E-state index in [-0.39, 0.29) is 49.7 Å². The molecule has 0 aliphatic carbocycles. The van der Waals surface area contributed by atoms with E-state index in [1.165, 1.54) is 12.1 Å². The number of hydrogen-bond acceptors (Lipinski definition) is 9. The third-order valence-corrected chi connectivity index (χ3v) is 5.75. The Labute approximate surface area is 230 Å². The van der Waals surface area contributed by atoms with Gasteiger partial charge in [0, 0.05) is 18.7 Å². The highest BCUT2D eigenvalue weighted by atomic mass is 32.1. The maximum atomic E-state index is 13.1. The van der Waals surface area contributed by atoms with Crippen LogP contribution in [0.15, 0.2) is 29.3 Å². The van der Waals surface area contributed by atoms with Crippen molar-refractivity contribution in [2.45, 2.75) is 56.3 Å². The standard InChI is InChI=1S/C23H35N7O8S/c24-14(10-12-3-5-13(31)6-4-12)19(34)28-16(7-8-18(32)33)21(36)29-15(2-1-9-27-23(25)26)20(35)30-17(11-39)22(37)38/h3-6,14-17,31,39H,1-2,7-11,24H2,(H,28,34)(H,29,36)(H,30,35)(H,32,33)(H,37,38)(H4,25,26,27). The van der Waals surface area contributed by atoms with Gasteiger partial charge in [-0.3, -0.25) is 24.2 Å². The summed E-state index contributed by atoms with van der Waals surface area (Å²) in [6.07, 6.45) is -0.509. The topological polar surface area (TPSA) is 273 Å². The van der Waals surface area contributed by atoms with Gasteiger partial charge in [0.25, 0.3) is 0 Å². The summed E-state index contributed by atoms with van der Waals surface area (Å²) < 4.78 is 0. The molecule has 216 valence electrons. The van der Waals surface area contributed by atoms with E-state index in [1.807, 2.05) is 0 Å². The largest absolute Gasteiger partial charge is 0.508 e. The summed E-state index contributed by atoms with van der Waals surface area (Å²) in [5, 5.41) is 34.8. The first kappa shape index (κ1) is 33.0. The van der Waals surface area contributed by atoms with Crippen molar-refractivity contribution in [2.75, 3.05) is 12.3 Å². The smallest absolute Gasteiger partial charge is 0.327 e. The molecule has 15 nitrogen and oxygen atoms in total. The van der Waals surface area contributed by atoms with Gasteiger partial charge in [-0.2, -0.15) is 12.6 Å². The summed E-state index contributed by atoms with van der Waals surface area (Å²) >= 11 is 3.90. The highest BCUT2D eigenvalue weighted by Gasteiger charge is 2.30. The Kier molecular flexibility index (Phi) is 14.1. The van der Waals surface area contributed by atoms with E-state index in [0.717, 1.165) is 0 Å². The number of hydrogen-bond donors (Lipinski definition) is 10. The molecule has 0 bridgehead atoms. The van der Waals surface area contributed by atoms with E-state index in [0.29, 0.717) is 5.56 Å². The lowest BCUT2D eigenvalue weighted by Crippen LogP contribution is -2.57. The summed E-state index contributed by atoms with van der Waals surface area (Å²) in [6.45, 7) is 0.113. The number of aromatic hydroxyl groups is 1. The molecule has 0 heterocycles. The Morgan fingerprint density at radius 3 is 1.92 bits per heavy atom. The van der Waals surface area contributed by atoms with Crippen LogP contribution in [0.2, 0.25) is 0 Å². The van der Waals surface area contributed by atoms with Crippen LogP contribution in [0.25, 0.3) is 0 Å². The Balaban J connectivity index is 3.02. The van der Waals surface area contributed by atoms with Gasteiger partial charge in [-0.15, -0.1) is 0 Å². The molecule has 0 saturated carbocycles. The molecule has 1 aromatic carbocycles. The number of thiol groups is 1. The van der Waals surface area contributed by atoms with Crippen LogP contribution in [0.3, 0.4) is 0 Å². The maximum absolute atomic E-state index is 13.1. The monoisotopic (exact) mass is 569 g/mol. The lowest BCUT2D eigenvalue weighted by Gasteiger charge is -2.25. The summed E-state index contributed by atoms with van der Waals surface area (Å²) in [5.74, 6) is -5.37. The molecule has 4 atom stereocenters. The molecule has 0 aliphatic heterocycles. The molecule has 0 radical (unpaired) electrons. The zero-order chi connectivity index (χ0) is 29.5. The third kappa shape index (κ3) is 12.8. The molecular weight excluding hydrogens is 534 g/mol. The zero-order valence-electron chi connectivity index (χ0n) is 21.1. The average Bonchev–Trinajstić information content (AvgIpc) is 2.87. The summed E-state index contributed by atoms with van der Waals surface area (Å²) in [4.78, 5) is 64.9. The first-order valence-electron chi connectivity index (χ1n) is 11.9. The molecule has 0 fully saturated rings. The van der Waals surface area contributed by atoms with Crippen LogP contribution >= 0.6 is 12.6 Å². The number of nitrogens with two attached hydrogens (primary N) is 3. The fourth-order valence-electron chi connectivity index (χ4n) is 3.30. The number of rotatable bonds is 17. The van der Waals surface area contributed by atoms with Gasteiger partial charge in [0.1, 0.15) is 23.9 Å². The van der Waals surface area contributed by atoms with Crippen molar-refractivity contribution < 1.29 is 39.3 Å². The number of benzene rings is 1. The van der Waals surface area contributed by atoms with Crippen LogP contribution in [0.5, 0.6) is 5.75 Å². The van der Waals surface area contributed by atoms with Gasteiger partial charge < -0.3 is 48.5 Å². The van der Waals surface area contributed by atoms with Crippen molar-refractivity contribution in [3.8, 4) is 5.75 Å². The first-order valence-corrected chi connectivity index (χ1v) is 12.5. The van der Waals surface area contributed by atoms with Crippen LogP contribution in [0.1, 0.15) is 31.2 Å². The second-order valence-corrected chi connectivity index (χ2v) is 8.93. The minimum Gasteiger partial charge on any atom is -0.508 e. The van der Waals surface area contributed by atoms with E-state index in [4.69, 9.17) is 22.3 Å². The van der Waals surface area contributed by atoms with E-state index in [2.05, 4.69) is 33.6 Å². The summed E-state index contributed by atoms with van der Waals surface area (Å²) in [6, 6.07) is 0.901. The van der Waals surface area contributed by atoms with Crippen molar-refractivity contribution in [1.82, 2.24) is 16.0 Å². The summed E-state index contributed by atoms with van der Waals surface area (Å²) in [7, 11) is 0. The van der Waals surface area contributed by atoms with Crippen molar-refractivity contribution in [3.63, 3.8) is 0 Å². The first-order chi connectivity index (χ1) is 18.3. The normalized spacial score (nSPS) is 13.7. The van der Waals surface area contributed by atoms with Crippen LogP contribution in [-0.2, 0) is 30.4 Å². The van der Waals surface area contributed by atoms with Crippen molar-refractivity contribution in [3.05, 3.63) is 29.8 Å². The van der Waals surface area contributed by atoms with Crippen LogP contribution in [0.4, 0.5) is 0 Å². The van der Waals surface area contributed by atoms with E-state index >= 15 is 0 Å². The number of carbonyl (C=O) groups excluding carboxylic acids is 3. The number of carboxylic acid groups (broad SMARTS) is 2. The van der Waals surface area contributed by atoms with E-state index < -0.39 is 60.2 Å². The van der Waals surface area contributed by atoms with Gasteiger partial charge in [-0.05, 0) is 43.4 Å². The highest BCUT2D eigenvalue weighted by molar-refractivity contribution is 7.80. The number of guanidine groups is 1. The van der Waals surface area contributed by atoms with Gasteiger partial charge in [-0.25, -0.2) is 4.79 Å². The predicted octanol–water partition coefficient (Wildman–Crippen LogP) is -2.35. The molecule has 0 aromatic heterocycles. The average molecular weight is 570 g/mol. The number of carboxylic acids is 2. The number of nitrogens with zero attached hydrogens (tertiary/aromatic N) is 1. The number of aliphatic carboxylic acids is 2. The fraction of sp³-hybridized carbons (Fsp3) is 0.478. The fourth-order valence-corrected chi connectivity index (χ4v) is 3.54. The molecule has 12 N–H and O–H groups in total. The maximum Gasteiger partial charge on any atom is 0.327 e. The summed E-state index contributed by atoms with van der Waals surface area (Å²) in [5.41, 5.74) is 17.2. The molecule has 0 spiro atoms. The van der Waals surface area contributed by atoms with Crippen LogP contribution < -0.4 is 33.2 Å². The SMILES string of the molecule is NC(N)=NCCCC(NC(=O)C(CCC(=O)O)NC(=O)C(N)Cc1ccc(O)cc1)C(=O)NC(CS)C(=O)O. The molecule has 4 unspecified atom stereocenters. The van der Waals surface area contributed by atoms with Gasteiger partial charge in [0.05, 0.1) is 6.04 Å². The number of phenols is 1.